The molecule has 1 N–H and O–H groups in total. The van der Waals surface area contributed by atoms with Crippen molar-refractivity contribution < 1.29 is 9.15 Å². The molecule has 0 aliphatic carbocycles. The highest BCUT2D eigenvalue weighted by molar-refractivity contribution is 6.37. The third kappa shape index (κ3) is 2.26. The lowest BCUT2D eigenvalue weighted by Gasteiger charge is -2.15. The average Bonchev–Trinajstić information content (AvgIpc) is 3.11. The van der Waals surface area contributed by atoms with Crippen LogP contribution in [0.3, 0.4) is 0 Å². The number of hydrogen-bond acceptors (Lipinski definition) is 5. The third-order valence-corrected chi connectivity index (χ3v) is 4.42. The predicted octanol–water partition coefficient (Wildman–Crippen LogP) is 3.84. The van der Waals surface area contributed by atoms with Gasteiger partial charge < -0.3 is 14.5 Å². The van der Waals surface area contributed by atoms with Crippen molar-refractivity contribution in [1.82, 2.24) is 9.55 Å². The first-order chi connectivity index (χ1) is 12.2. The molecular formula is C18H14ClN3O3. The zero-order valence-corrected chi connectivity index (χ0v) is 14.3. The molecule has 6 nitrogen and oxygen atoms in total. The number of hydrogen-bond donors (Lipinski definition) is 1. The molecule has 0 unspecified atom stereocenters. The molecule has 0 spiro atoms. The van der Waals surface area contributed by atoms with Crippen LogP contribution in [0.5, 0.6) is 5.75 Å². The summed E-state index contributed by atoms with van der Waals surface area (Å²) in [6.45, 7) is 0. The summed E-state index contributed by atoms with van der Waals surface area (Å²) in [5, 5.41) is 4.89. The molecule has 7 heteroatoms. The van der Waals surface area contributed by atoms with Crippen molar-refractivity contribution in [2.24, 2.45) is 0 Å². The van der Waals surface area contributed by atoms with Gasteiger partial charge in [-0.15, -0.1) is 0 Å². The Labute approximate surface area is 147 Å². The molecule has 0 amide bonds. The van der Waals surface area contributed by atoms with Crippen LogP contribution in [-0.4, -0.2) is 23.7 Å². The van der Waals surface area contributed by atoms with Gasteiger partial charge in [0.1, 0.15) is 17.2 Å². The lowest BCUT2D eigenvalue weighted by Crippen LogP contribution is -2.23. The minimum Gasteiger partial charge on any atom is -0.495 e. The molecule has 0 saturated carbocycles. The second-order valence-corrected chi connectivity index (χ2v) is 5.82. The van der Waals surface area contributed by atoms with Gasteiger partial charge in [-0.2, -0.15) is 4.98 Å². The summed E-state index contributed by atoms with van der Waals surface area (Å²) in [4.78, 5) is 16.9. The van der Waals surface area contributed by atoms with Gasteiger partial charge in [0.05, 0.1) is 35.0 Å². The van der Waals surface area contributed by atoms with Crippen LogP contribution >= 0.6 is 11.6 Å². The van der Waals surface area contributed by atoms with Crippen molar-refractivity contribution in [1.29, 1.82) is 0 Å². The molecule has 0 saturated heterocycles. The van der Waals surface area contributed by atoms with E-state index in [4.69, 9.17) is 20.8 Å². The standard InChI is InChI=1S/C18H14ClN3O3/c1-20-17-15-13(9-11(19)10-7-8-25-16(10)15)22(18(23)21-17)12-5-3-4-6-14(12)24-2/h3-9H,1-2H3,(H,20,21,23). The maximum absolute atomic E-state index is 12.7. The maximum Gasteiger partial charge on any atom is 0.354 e. The van der Waals surface area contributed by atoms with E-state index < -0.39 is 5.69 Å². The van der Waals surface area contributed by atoms with Gasteiger partial charge in [0.2, 0.25) is 0 Å². The van der Waals surface area contributed by atoms with E-state index in [1.54, 1.807) is 44.7 Å². The first kappa shape index (κ1) is 15.5. The van der Waals surface area contributed by atoms with Crippen LogP contribution in [-0.2, 0) is 0 Å². The number of methoxy groups -OCH3 is 1. The minimum atomic E-state index is -0.441. The Morgan fingerprint density at radius 2 is 2.08 bits per heavy atom. The molecule has 0 fully saturated rings. The van der Waals surface area contributed by atoms with Gasteiger partial charge in [-0.3, -0.25) is 4.57 Å². The fraction of sp³-hybridized carbons (Fsp3) is 0.111. The highest BCUT2D eigenvalue weighted by atomic mass is 35.5. The summed E-state index contributed by atoms with van der Waals surface area (Å²) in [7, 11) is 3.26. The first-order valence-electron chi connectivity index (χ1n) is 7.59. The quantitative estimate of drug-likeness (QED) is 0.604. The topological polar surface area (TPSA) is 69.3 Å². The molecule has 0 radical (unpaired) electrons. The van der Waals surface area contributed by atoms with E-state index in [-0.39, 0.29) is 0 Å². The van der Waals surface area contributed by atoms with Crippen LogP contribution in [0.4, 0.5) is 5.82 Å². The molecule has 4 aromatic rings. The highest BCUT2D eigenvalue weighted by Crippen LogP contribution is 2.36. The average molecular weight is 356 g/mol. The number of para-hydroxylation sites is 2. The van der Waals surface area contributed by atoms with E-state index in [2.05, 4.69) is 10.3 Å². The van der Waals surface area contributed by atoms with Crippen molar-refractivity contribution in [3.05, 3.63) is 58.2 Å². The molecule has 4 rings (SSSR count). The molecule has 2 aromatic carbocycles. The second-order valence-electron chi connectivity index (χ2n) is 5.42. The van der Waals surface area contributed by atoms with E-state index in [0.717, 1.165) is 5.39 Å². The van der Waals surface area contributed by atoms with Gasteiger partial charge in [-0.05, 0) is 24.3 Å². The van der Waals surface area contributed by atoms with E-state index in [9.17, 15) is 4.79 Å². The molecular weight excluding hydrogens is 342 g/mol. The third-order valence-electron chi connectivity index (χ3n) is 4.11. The first-order valence-corrected chi connectivity index (χ1v) is 7.97. The van der Waals surface area contributed by atoms with Crippen molar-refractivity contribution in [2.45, 2.75) is 0 Å². The number of anilines is 1. The van der Waals surface area contributed by atoms with Crippen LogP contribution in [0, 0.1) is 0 Å². The van der Waals surface area contributed by atoms with E-state index in [1.165, 1.54) is 4.57 Å². The SMILES string of the molecule is CNc1nc(=O)n(-c2ccccc2OC)c2cc(Cl)c3ccoc3c12. The molecule has 2 heterocycles. The van der Waals surface area contributed by atoms with Gasteiger partial charge in [0.15, 0.2) is 0 Å². The summed E-state index contributed by atoms with van der Waals surface area (Å²) >= 11 is 6.41. The van der Waals surface area contributed by atoms with Gasteiger partial charge in [0, 0.05) is 12.4 Å². The Bertz CT molecular complexity index is 1160. The molecule has 0 aliphatic heterocycles. The number of nitrogens with zero attached hydrogens (tertiary/aromatic N) is 2. The minimum absolute atomic E-state index is 0.433. The molecule has 0 aliphatic rings. The van der Waals surface area contributed by atoms with Crippen molar-refractivity contribution in [3.63, 3.8) is 0 Å². The summed E-state index contributed by atoms with van der Waals surface area (Å²) in [6, 6.07) is 10.8. The highest BCUT2D eigenvalue weighted by Gasteiger charge is 2.19. The van der Waals surface area contributed by atoms with E-state index in [0.29, 0.717) is 38.8 Å². The summed E-state index contributed by atoms with van der Waals surface area (Å²) in [5.74, 6) is 0.989. The zero-order chi connectivity index (χ0) is 17.6. The molecule has 126 valence electrons. The molecule has 2 aromatic heterocycles. The van der Waals surface area contributed by atoms with Crippen molar-refractivity contribution >= 4 is 39.3 Å². The van der Waals surface area contributed by atoms with Crippen LogP contribution in [0.2, 0.25) is 5.02 Å². The monoisotopic (exact) mass is 355 g/mol. The molecule has 25 heavy (non-hydrogen) atoms. The normalized spacial score (nSPS) is 11.2. The number of furan rings is 1. The number of halogens is 1. The Kier molecular flexibility index (Phi) is 3.62. The summed E-state index contributed by atoms with van der Waals surface area (Å²) in [6.07, 6.45) is 1.56. The van der Waals surface area contributed by atoms with Gasteiger partial charge >= 0.3 is 5.69 Å². The Hall–Kier alpha value is -2.99. The van der Waals surface area contributed by atoms with Crippen molar-refractivity contribution in [2.75, 3.05) is 19.5 Å². The largest absolute Gasteiger partial charge is 0.495 e. The number of fused-ring (bicyclic) bond motifs is 3. The van der Waals surface area contributed by atoms with Gasteiger partial charge in [-0.1, -0.05) is 23.7 Å². The Balaban J connectivity index is 2.25. The Morgan fingerprint density at radius 1 is 1.28 bits per heavy atom. The number of rotatable bonds is 3. The Morgan fingerprint density at radius 3 is 2.84 bits per heavy atom. The number of ether oxygens (including phenoxy) is 1. The fourth-order valence-electron chi connectivity index (χ4n) is 3.02. The van der Waals surface area contributed by atoms with Gasteiger partial charge in [-0.25, -0.2) is 4.79 Å². The lowest BCUT2D eigenvalue weighted by atomic mass is 10.1. The van der Waals surface area contributed by atoms with E-state index in [1.807, 2.05) is 12.1 Å². The van der Waals surface area contributed by atoms with Crippen LogP contribution < -0.4 is 15.7 Å². The lowest BCUT2D eigenvalue weighted by molar-refractivity contribution is 0.413. The maximum atomic E-state index is 12.7. The number of benzene rings is 2. The van der Waals surface area contributed by atoms with Crippen molar-refractivity contribution in [3.8, 4) is 11.4 Å². The predicted molar refractivity (Wildman–Crippen MR) is 98.2 cm³/mol. The van der Waals surface area contributed by atoms with Crippen LogP contribution in [0.25, 0.3) is 27.6 Å². The summed E-state index contributed by atoms with van der Waals surface area (Å²) < 4.78 is 12.5. The van der Waals surface area contributed by atoms with Crippen LogP contribution in [0.15, 0.2) is 51.9 Å². The fourth-order valence-corrected chi connectivity index (χ4v) is 3.27. The molecule has 0 atom stereocenters. The second kappa shape index (κ2) is 5.82. The smallest absolute Gasteiger partial charge is 0.354 e. The van der Waals surface area contributed by atoms with E-state index >= 15 is 0 Å². The van der Waals surface area contributed by atoms with Gasteiger partial charge in [0.25, 0.3) is 0 Å². The number of aromatic nitrogens is 2. The molecule has 0 bridgehead atoms. The summed E-state index contributed by atoms with van der Waals surface area (Å²) in [5.41, 5.74) is 1.30. The number of nitrogens with one attached hydrogen (secondary N) is 1. The zero-order valence-electron chi connectivity index (χ0n) is 13.5. The van der Waals surface area contributed by atoms with Crippen LogP contribution in [0.1, 0.15) is 0 Å².